The number of hydrogen-bond acceptors (Lipinski definition) is 16. The summed E-state index contributed by atoms with van der Waals surface area (Å²) in [5.74, 6) is -13.3. The lowest BCUT2D eigenvalue weighted by Crippen LogP contribution is -2.26. The summed E-state index contributed by atoms with van der Waals surface area (Å²) in [6.45, 7) is 0. The molecule has 12 aromatic rings. The Balaban J connectivity index is 1.08. The minimum atomic E-state index is -1.39. The molecular weight excluding hydrogens is 1270 g/mol. The molecule has 1 aliphatic rings. The third-order valence-corrected chi connectivity index (χ3v) is 17.9. The van der Waals surface area contributed by atoms with Gasteiger partial charge in [0.15, 0.2) is 0 Å². The molecule has 0 unspecified atom stereocenters. The first-order valence-electron chi connectivity index (χ1n) is 31.2. The van der Waals surface area contributed by atoms with Crippen molar-refractivity contribution in [3.63, 3.8) is 0 Å². The lowest BCUT2D eigenvalue weighted by molar-refractivity contribution is 0.0850. The average molecular weight is 1330 g/mol. The second-order valence-electron chi connectivity index (χ2n) is 23.9. The number of phenolic OH excluding ortho intramolecular Hbond substituents is 8. The molecule has 0 fully saturated rings. The Hall–Kier alpha value is -13.2. The smallest absolute Gasteiger partial charge is 0.281 e. The molecule has 1 aliphatic carbocycles. The van der Waals surface area contributed by atoms with Gasteiger partial charge in [-0.3, -0.25) is 40.0 Å². The summed E-state index contributed by atoms with van der Waals surface area (Å²) < 4.78 is 0. The van der Waals surface area contributed by atoms with Gasteiger partial charge in [0.1, 0.15) is 46.0 Å². The predicted molar refractivity (Wildman–Crippen MR) is 369 cm³/mol. The van der Waals surface area contributed by atoms with E-state index in [0.29, 0.717) is 20.3 Å². The lowest BCUT2D eigenvalue weighted by Gasteiger charge is -2.30. The number of fused-ring (bicyclic) bond motifs is 8. The maximum Gasteiger partial charge on any atom is 0.281 e. The molecular formula is C80H60N4O16. The molecule has 0 saturated heterocycles. The van der Waals surface area contributed by atoms with Crippen LogP contribution in [0.15, 0.2) is 267 Å². The number of rotatable bonds is 12. The maximum absolute atomic E-state index is 13.6. The van der Waals surface area contributed by atoms with Crippen LogP contribution in [0.3, 0.4) is 0 Å². The number of nitrogens with zero attached hydrogens (tertiary/aromatic N) is 4. The Kier molecular flexibility index (Phi) is 17.7. The van der Waals surface area contributed by atoms with Gasteiger partial charge < -0.3 is 40.9 Å². The van der Waals surface area contributed by atoms with Gasteiger partial charge in [0.05, 0.1) is 22.7 Å². The number of hydroxylamine groups is 4. The van der Waals surface area contributed by atoms with E-state index in [1.54, 1.807) is 72.8 Å². The molecule has 13 rings (SSSR count). The van der Waals surface area contributed by atoms with Crippen LogP contribution in [-0.2, 0) is 0 Å². The molecule has 4 amide bonds. The Morgan fingerprint density at radius 3 is 0.510 bits per heavy atom. The van der Waals surface area contributed by atoms with Gasteiger partial charge in [-0.15, -0.1) is 0 Å². The molecule has 12 aromatic carbocycles. The second-order valence-corrected chi connectivity index (χ2v) is 23.9. The number of phenols is 8. The van der Waals surface area contributed by atoms with Crippen LogP contribution in [-0.4, -0.2) is 85.3 Å². The SMILES string of the molecule is O=C(c1ccccc1)N(O)c1ccc(C2c3cc(c(O)cc3O)C(c3ccc(N(O)C(=O)c4ccccc4)cc3)c3cc(c(O)cc3O)C(c3ccc(N(O)C(=O)c4ccccc4)cc3)c3cc(c(O)cc3O)C(c3ccc(N(O)C(=O)c4ccccc4)cc3)c3cc2c(O)cc3O)cc1. The fourth-order valence-corrected chi connectivity index (χ4v) is 12.9. The zero-order valence-electron chi connectivity index (χ0n) is 52.5. The molecule has 12 N–H and O–H groups in total. The highest BCUT2D eigenvalue weighted by atomic mass is 16.5. The minimum Gasteiger partial charge on any atom is -0.507 e. The molecule has 100 heavy (non-hydrogen) atoms. The first kappa shape index (κ1) is 65.4. The van der Waals surface area contributed by atoms with Crippen LogP contribution in [0.2, 0.25) is 0 Å². The molecule has 8 bridgehead atoms. The average Bonchev–Trinajstić information content (AvgIpc) is 0.742. The van der Waals surface area contributed by atoms with Gasteiger partial charge in [0, 0.05) is 115 Å². The topological polar surface area (TPSA) is 324 Å². The monoisotopic (exact) mass is 1330 g/mol. The van der Waals surface area contributed by atoms with Crippen LogP contribution in [0.4, 0.5) is 22.7 Å². The third kappa shape index (κ3) is 12.4. The summed E-state index contributed by atoms with van der Waals surface area (Å²) in [6.07, 6.45) is 0. The molecule has 0 heterocycles. The first-order valence-corrected chi connectivity index (χ1v) is 31.2. The Labute approximate surface area is 570 Å². The van der Waals surface area contributed by atoms with E-state index in [4.69, 9.17) is 0 Å². The van der Waals surface area contributed by atoms with Crippen molar-refractivity contribution in [2.24, 2.45) is 0 Å². The number of hydrogen-bond donors (Lipinski definition) is 12. The molecule has 0 spiro atoms. The quantitative estimate of drug-likeness (QED) is 0.0399. The second kappa shape index (κ2) is 27.1. The van der Waals surface area contributed by atoms with Gasteiger partial charge in [-0.05, 0) is 144 Å². The van der Waals surface area contributed by atoms with E-state index in [1.807, 2.05) is 0 Å². The standard InChI is InChI=1S/C80H60N4O16/c85-65-41-67(87)59-37-57(65)73(45-21-29-53(30-22-45)81(97)77(93)49-13-5-1-6-14-49)58-38-60(68(88)42-66(58)86)75(47-25-33-55(34-26-47)83(99)79(95)51-17-9-3-10-18-51)62-40-64(72(92)44-70(62)90)76(48-27-35-56(36-28-48)84(100)80(96)52-19-11-4-12-20-52)63-39-61(69(89)43-71(63)91)74(59)46-23-31-54(32-24-46)82(98)78(94)50-15-7-2-8-16-50/h1-44,73-76,85-92,97-100H. The van der Waals surface area contributed by atoms with E-state index < -0.39 is 93.3 Å². The van der Waals surface area contributed by atoms with Gasteiger partial charge in [-0.25, -0.2) is 0 Å². The summed E-state index contributed by atoms with van der Waals surface area (Å²) in [5.41, 5.74) is 1.11. The van der Waals surface area contributed by atoms with Crippen LogP contribution in [0, 0.1) is 0 Å². The Morgan fingerprint density at radius 1 is 0.210 bits per heavy atom. The van der Waals surface area contributed by atoms with Gasteiger partial charge in [0.25, 0.3) is 23.6 Å². The molecule has 0 aromatic heterocycles. The van der Waals surface area contributed by atoms with Crippen molar-refractivity contribution in [3.8, 4) is 46.0 Å². The minimum absolute atomic E-state index is 0.0112. The molecule has 0 aliphatic heterocycles. The number of amides is 4. The van der Waals surface area contributed by atoms with Crippen molar-refractivity contribution in [1.29, 1.82) is 0 Å². The first-order chi connectivity index (χ1) is 48.2. The zero-order chi connectivity index (χ0) is 70.2. The maximum atomic E-state index is 13.6. The van der Waals surface area contributed by atoms with Crippen LogP contribution in [0.1, 0.15) is 132 Å². The van der Waals surface area contributed by atoms with Crippen molar-refractivity contribution in [2.45, 2.75) is 23.7 Å². The summed E-state index contributed by atoms with van der Waals surface area (Å²) >= 11 is 0. The fraction of sp³-hybridized carbons (Fsp3) is 0.0500. The number of benzene rings is 12. The van der Waals surface area contributed by atoms with Crippen LogP contribution in [0.25, 0.3) is 0 Å². The van der Waals surface area contributed by atoms with Gasteiger partial charge in [-0.1, -0.05) is 121 Å². The van der Waals surface area contributed by atoms with E-state index in [2.05, 4.69) is 0 Å². The van der Waals surface area contributed by atoms with E-state index in [-0.39, 0.29) is 112 Å². The fourth-order valence-electron chi connectivity index (χ4n) is 12.9. The number of carbonyl (C=O) groups excluding carboxylic acids is 4. The van der Waals surface area contributed by atoms with Crippen molar-refractivity contribution in [3.05, 3.63) is 356 Å². The highest BCUT2D eigenvalue weighted by molar-refractivity contribution is 6.06. The number of aromatic hydroxyl groups is 8. The van der Waals surface area contributed by atoms with Crippen LogP contribution in [0.5, 0.6) is 46.0 Å². The van der Waals surface area contributed by atoms with Crippen molar-refractivity contribution in [2.75, 3.05) is 20.3 Å². The molecule has 0 radical (unpaired) electrons. The largest absolute Gasteiger partial charge is 0.507 e. The summed E-state index contributed by atoms with van der Waals surface area (Å²) in [7, 11) is 0. The molecule has 496 valence electrons. The predicted octanol–water partition coefficient (Wildman–Crippen LogP) is 14.5. The van der Waals surface area contributed by atoms with E-state index in [0.717, 1.165) is 24.3 Å². The van der Waals surface area contributed by atoms with Gasteiger partial charge in [0.2, 0.25) is 0 Å². The molecule has 20 heteroatoms. The Bertz CT molecular complexity index is 4350. The molecule has 0 saturated carbocycles. The summed E-state index contributed by atoms with van der Waals surface area (Å²) in [5, 5.41) is 147. The summed E-state index contributed by atoms with van der Waals surface area (Å²) in [6, 6.07) is 64.9. The zero-order valence-corrected chi connectivity index (χ0v) is 52.5. The van der Waals surface area contributed by atoms with Crippen LogP contribution < -0.4 is 20.3 Å². The third-order valence-electron chi connectivity index (χ3n) is 17.9. The normalized spacial score (nSPS) is 14.7. The van der Waals surface area contributed by atoms with E-state index in [9.17, 15) is 80.9 Å². The number of carbonyl (C=O) groups is 4. The lowest BCUT2D eigenvalue weighted by atomic mass is 9.75. The van der Waals surface area contributed by atoms with Crippen molar-refractivity contribution < 1.29 is 80.9 Å². The highest BCUT2D eigenvalue weighted by Crippen LogP contribution is 2.54. The molecule has 0 atom stereocenters. The Morgan fingerprint density at radius 2 is 0.360 bits per heavy atom. The summed E-state index contributed by atoms with van der Waals surface area (Å²) in [4.78, 5) is 54.5. The van der Waals surface area contributed by atoms with Gasteiger partial charge >= 0.3 is 0 Å². The van der Waals surface area contributed by atoms with Crippen molar-refractivity contribution >= 4 is 46.4 Å². The van der Waals surface area contributed by atoms with E-state index >= 15 is 0 Å². The van der Waals surface area contributed by atoms with Crippen LogP contribution >= 0.6 is 0 Å². The van der Waals surface area contributed by atoms with Crippen molar-refractivity contribution in [1.82, 2.24) is 0 Å². The van der Waals surface area contributed by atoms with E-state index in [1.165, 1.54) is 170 Å². The molecule has 20 nitrogen and oxygen atoms in total. The number of anilines is 4. The van der Waals surface area contributed by atoms with Gasteiger partial charge in [-0.2, -0.15) is 20.3 Å². The highest BCUT2D eigenvalue weighted by Gasteiger charge is 2.36.